The highest BCUT2D eigenvalue weighted by molar-refractivity contribution is 7.98. The average molecular weight is 258 g/mol. The van der Waals surface area contributed by atoms with Crippen LogP contribution in [0.15, 0.2) is 23.1 Å². The molecule has 2 amide bonds. The zero-order chi connectivity index (χ0) is 13.0. The van der Waals surface area contributed by atoms with Crippen molar-refractivity contribution >= 4 is 29.4 Å². The van der Waals surface area contributed by atoms with Crippen LogP contribution in [0.5, 0.6) is 0 Å². The van der Waals surface area contributed by atoms with Crippen molar-refractivity contribution in [3.63, 3.8) is 0 Å². The summed E-state index contributed by atoms with van der Waals surface area (Å²) in [5.74, 6) is 0. The minimum atomic E-state index is -0.857. The van der Waals surface area contributed by atoms with Gasteiger partial charge in [0.1, 0.15) is 0 Å². The molecule has 0 aliphatic rings. The van der Waals surface area contributed by atoms with E-state index in [4.69, 9.17) is 5.73 Å². The first kappa shape index (κ1) is 12.7. The molecular formula is C7H6N4O5S. The summed E-state index contributed by atoms with van der Waals surface area (Å²) in [5.41, 5.74) is 3.92. The van der Waals surface area contributed by atoms with Crippen molar-refractivity contribution in [2.45, 2.75) is 4.90 Å². The molecule has 1 rings (SSSR count). The summed E-state index contributed by atoms with van der Waals surface area (Å²) in [5, 5.41) is 21.1. The van der Waals surface area contributed by atoms with Crippen LogP contribution < -0.4 is 10.5 Å². The minimum Gasteiger partial charge on any atom is -0.351 e. The summed E-state index contributed by atoms with van der Waals surface area (Å²) in [6.07, 6.45) is 0. The third kappa shape index (κ3) is 3.61. The predicted octanol–water partition coefficient (Wildman–Crippen LogP) is 1.18. The van der Waals surface area contributed by atoms with E-state index in [-0.39, 0.29) is 4.90 Å². The highest BCUT2D eigenvalue weighted by atomic mass is 32.2. The van der Waals surface area contributed by atoms with Crippen molar-refractivity contribution in [3.8, 4) is 0 Å². The molecule has 9 nitrogen and oxygen atoms in total. The zero-order valence-corrected chi connectivity index (χ0v) is 8.97. The van der Waals surface area contributed by atoms with E-state index < -0.39 is 27.3 Å². The Morgan fingerprint density at radius 2 is 1.65 bits per heavy atom. The van der Waals surface area contributed by atoms with Gasteiger partial charge in [0.25, 0.3) is 11.4 Å². The molecule has 0 atom stereocenters. The van der Waals surface area contributed by atoms with Gasteiger partial charge in [-0.3, -0.25) is 25.0 Å². The van der Waals surface area contributed by atoms with Crippen LogP contribution in [-0.4, -0.2) is 15.9 Å². The predicted molar refractivity (Wildman–Crippen MR) is 58.3 cm³/mol. The maximum atomic E-state index is 10.5. The van der Waals surface area contributed by atoms with E-state index >= 15 is 0 Å². The maximum absolute atomic E-state index is 10.5. The van der Waals surface area contributed by atoms with Gasteiger partial charge >= 0.3 is 6.03 Å². The molecule has 10 heteroatoms. The van der Waals surface area contributed by atoms with Gasteiger partial charge in [-0.05, 0) is 11.9 Å². The normalized spacial score (nSPS) is 9.65. The Morgan fingerprint density at radius 1 is 1.18 bits per heavy atom. The smallest absolute Gasteiger partial charge is 0.322 e. The molecule has 17 heavy (non-hydrogen) atoms. The first-order valence-corrected chi connectivity index (χ1v) is 4.88. The molecule has 1 aromatic rings. The SMILES string of the molecule is NC(=O)NSc1cc([N+](=O)[O-])cc([N+](=O)[O-])c1. The van der Waals surface area contributed by atoms with Crippen molar-refractivity contribution in [3.05, 3.63) is 38.4 Å². The molecule has 90 valence electrons. The zero-order valence-electron chi connectivity index (χ0n) is 8.15. The second-order valence-corrected chi connectivity index (χ2v) is 3.65. The van der Waals surface area contributed by atoms with Gasteiger partial charge in [0.05, 0.1) is 15.9 Å². The standard InChI is InChI=1S/C7H6N4O5S/c8-7(12)9-17-6-2-4(10(13)14)1-5(3-6)11(15)16/h1-3H,(H3,8,9,12). The van der Waals surface area contributed by atoms with Gasteiger partial charge in [-0.15, -0.1) is 0 Å². The van der Waals surface area contributed by atoms with Gasteiger partial charge in [-0.2, -0.15) is 0 Å². The second-order valence-electron chi connectivity index (χ2n) is 2.77. The van der Waals surface area contributed by atoms with Crippen molar-refractivity contribution in [1.82, 2.24) is 4.72 Å². The van der Waals surface area contributed by atoms with Gasteiger partial charge in [0.15, 0.2) is 0 Å². The number of nitrogens with one attached hydrogen (secondary N) is 1. The number of urea groups is 1. The van der Waals surface area contributed by atoms with Crippen LogP contribution in [0.4, 0.5) is 16.2 Å². The Labute approximate surface area is 98.4 Å². The number of nitro benzene ring substituents is 2. The summed E-state index contributed by atoms with van der Waals surface area (Å²) in [6.45, 7) is 0. The second kappa shape index (κ2) is 5.12. The van der Waals surface area contributed by atoms with Crippen molar-refractivity contribution in [2.24, 2.45) is 5.73 Å². The number of primary amides is 1. The highest BCUT2D eigenvalue weighted by Crippen LogP contribution is 2.27. The molecule has 3 N–H and O–H groups in total. The van der Waals surface area contributed by atoms with Crippen LogP contribution in [0.3, 0.4) is 0 Å². The van der Waals surface area contributed by atoms with Crippen molar-refractivity contribution < 1.29 is 14.6 Å². The van der Waals surface area contributed by atoms with E-state index in [1.807, 2.05) is 0 Å². The summed E-state index contributed by atoms with van der Waals surface area (Å²) in [7, 11) is 0. The molecule has 0 aromatic heterocycles. The number of amides is 2. The van der Waals surface area contributed by atoms with Gasteiger partial charge in [-0.1, -0.05) is 0 Å². The molecule has 0 saturated heterocycles. The lowest BCUT2D eigenvalue weighted by atomic mass is 10.3. The number of hydrogen-bond donors (Lipinski definition) is 2. The number of benzene rings is 1. The number of nitro groups is 2. The molecule has 0 fully saturated rings. The fourth-order valence-corrected chi connectivity index (χ4v) is 1.52. The van der Waals surface area contributed by atoms with E-state index in [1.165, 1.54) is 0 Å². The lowest BCUT2D eigenvalue weighted by Gasteiger charge is -2.01. The summed E-state index contributed by atoms with van der Waals surface area (Å²) >= 11 is 0.658. The van der Waals surface area contributed by atoms with Crippen molar-refractivity contribution in [1.29, 1.82) is 0 Å². The van der Waals surface area contributed by atoms with Gasteiger partial charge < -0.3 is 5.73 Å². The van der Waals surface area contributed by atoms with Gasteiger partial charge in [0, 0.05) is 17.0 Å². The van der Waals surface area contributed by atoms with E-state index in [0.29, 0.717) is 11.9 Å². The molecular weight excluding hydrogens is 252 g/mol. The Balaban J connectivity index is 3.08. The first-order chi connectivity index (χ1) is 7.90. The molecule has 0 saturated carbocycles. The highest BCUT2D eigenvalue weighted by Gasteiger charge is 2.16. The summed E-state index contributed by atoms with van der Waals surface area (Å²) in [6, 6.07) is 2.15. The molecule has 0 radical (unpaired) electrons. The third-order valence-electron chi connectivity index (χ3n) is 1.57. The van der Waals surface area contributed by atoms with Crippen LogP contribution in [0, 0.1) is 20.2 Å². The topological polar surface area (TPSA) is 141 Å². The lowest BCUT2D eigenvalue weighted by Crippen LogP contribution is -2.22. The maximum Gasteiger partial charge on any atom is 0.322 e. The van der Waals surface area contributed by atoms with Crippen LogP contribution in [0.1, 0.15) is 0 Å². The first-order valence-electron chi connectivity index (χ1n) is 4.06. The number of carbonyl (C=O) groups is 1. The van der Waals surface area contributed by atoms with E-state index in [9.17, 15) is 25.0 Å². The van der Waals surface area contributed by atoms with Crippen LogP contribution in [0.2, 0.25) is 0 Å². The molecule has 0 heterocycles. The lowest BCUT2D eigenvalue weighted by molar-refractivity contribution is -0.394. The number of carbonyl (C=O) groups excluding carboxylic acids is 1. The Bertz CT molecular complexity index is 459. The number of nitrogens with zero attached hydrogens (tertiary/aromatic N) is 2. The fraction of sp³-hybridized carbons (Fsp3) is 0. The summed E-state index contributed by atoms with van der Waals surface area (Å²) < 4.78 is 2.10. The van der Waals surface area contributed by atoms with Gasteiger partial charge in [-0.25, -0.2) is 4.79 Å². The monoisotopic (exact) mass is 258 g/mol. The number of hydrogen-bond acceptors (Lipinski definition) is 6. The molecule has 0 aliphatic heterocycles. The van der Waals surface area contributed by atoms with E-state index in [1.54, 1.807) is 0 Å². The number of non-ortho nitro benzene ring substituents is 2. The van der Waals surface area contributed by atoms with Crippen LogP contribution in [-0.2, 0) is 0 Å². The Kier molecular flexibility index (Phi) is 3.82. The number of nitrogens with two attached hydrogens (primary N) is 1. The molecule has 0 aliphatic carbocycles. The average Bonchev–Trinajstić information content (AvgIpc) is 2.25. The quantitative estimate of drug-likeness (QED) is 0.471. The number of rotatable bonds is 4. The molecule has 0 bridgehead atoms. The Hall–Kier alpha value is -2.36. The van der Waals surface area contributed by atoms with Crippen LogP contribution in [0.25, 0.3) is 0 Å². The molecule has 0 unspecified atom stereocenters. The van der Waals surface area contributed by atoms with Crippen LogP contribution >= 0.6 is 11.9 Å². The fourth-order valence-electron chi connectivity index (χ4n) is 0.947. The Morgan fingerprint density at radius 3 is 2.00 bits per heavy atom. The minimum absolute atomic E-state index is 0.143. The van der Waals surface area contributed by atoms with Crippen molar-refractivity contribution in [2.75, 3.05) is 0 Å². The van der Waals surface area contributed by atoms with Gasteiger partial charge in [0.2, 0.25) is 0 Å². The van der Waals surface area contributed by atoms with E-state index in [0.717, 1.165) is 18.2 Å². The molecule has 1 aromatic carbocycles. The largest absolute Gasteiger partial charge is 0.351 e. The van der Waals surface area contributed by atoms with E-state index in [2.05, 4.69) is 4.72 Å². The third-order valence-corrected chi connectivity index (χ3v) is 2.34. The molecule has 0 spiro atoms. The summed E-state index contributed by atoms with van der Waals surface area (Å²) in [4.78, 5) is 30.1.